The highest BCUT2D eigenvalue weighted by atomic mass is 35.5. The van der Waals surface area contributed by atoms with E-state index in [4.69, 9.17) is 27.9 Å². The van der Waals surface area contributed by atoms with Gasteiger partial charge in [-0.25, -0.2) is 0 Å². The topological polar surface area (TPSA) is 38.3 Å². The zero-order valence-corrected chi connectivity index (χ0v) is 19.9. The molecule has 0 radical (unpaired) electrons. The van der Waals surface area contributed by atoms with Crippen LogP contribution in [0.15, 0.2) is 66.7 Å². The van der Waals surface area contributed by atoms with Crippen LogP contribution in [-0.2, 0) is 17.6 Å². The number of halogens is 2. The number of amides is 1. The average Bonchev–Trinajstić information content (AvgIpc) is 3.49. The fourth-order valence-electron chi connectivity index (χ4n) is 5.26. The van der Waals surface area contributed by atoms with E-state index in [0.717, 1.165) is 54.5 Å². The highest BCUT2D eigenvalue weighted by molar-refractivity contribution is 6.33. The second-order valence-electron chi connectivity index (χ2n) is 9.06. The molecule has 1 heterocycles. The Hall–Kier alpha value is -2.49. The van der Waals surface area contributed by atoms with E-state index >= 15 is 0 Å². The van der Waals surface area contributed by atoms with Crippen molar-refractivity contribution >= 4 is 29.1 Å². The van der Waals surface area contributed by atoms with Crippen LogP contribution in [0.1, 0.15) is 47.6 Å². The van der Waals surface area contributed by atoms with Crippen molar-refractivity contribution in [1.29, 1.82) is 0 Å². The van der Waals surface area contributed by atoms with Crippen LogP contribution in [0.2, 0.25) is 10.0 Å². The Bertz CT molecular complexity index is 1150. The lowest BCUT2D eigenvalue weighted by atomic mass is 9.88. The maximum atomic E-state index is 13.6. The minimum atomic E-state index is -0.368. The number of nitrogens with one attached hydrogen (secondary N) is 1. The molecule has 1 amide bonds. The molecule has 0 saturated heterocycles. The van der Waals surface area contributed by atoms with Gasteiger partial charge in [0.1, 0.15) is 5.75 Å². The van der Waals surface area contributed by atoms with E-state index in [9.17, 15) is 4.79 Å². The van der Waals surface area contributed by atoms with Gasteiger partial charge in [0.15, 0.2) is 0 Å². The number of hydrogen-bond donors (Lipinski definition) is 1. The molecule has 3 nitrogen and oxygen atoms in total. The van der Waals surface area contributed by atoms with Crippen LogP contribution in [0.3, 0.4) is 0 Å². The Balaban J connectivity index is 1.43. The number of rotatable bonds is 6. The van der Waals surface area contributed by atoms with Gasteiger partial charge in [-0.3, -0.25) is 4.79 Å². The van der Waals surface area contributed by atoms with Gasteiger partial charge < -0.3 is 10.1 Å². The number of hydrogen-bond acceptors (Lipinski definition) is 2. The van der Waals surface area contributed by atoms with Gasteiger partial charge in [-0.05, 0) is 77.8 Å². The molecule has 33 heavy (non-hydrogen) atoms. The molecule has 3 aromatic rings. The van der Waals surface area contributed by atoms with E-state index in [1.807, 2.05) is 24.3 Å². The molecule has 5 rings (SSSR count). The zero-order chi connectivity index (χ0) is 22.8. The number of benzene rings is 3. The standard InChI is InChI=1S/C28H27Cl2NO2/c29-22-10-11-25(30)24(17-22)27(21-9-12-26-20(16-21)13-14-33-26)31-28(32)23-8-4-7-19(23)15-18-5-2-1-3-6-18/h1-3,5-6,9-12,16-17,19,23,27H,4,7-8,13-15H2,(H,31,32). The van der Waals surface area contributed by atoms with E-state index in [0.29, 0.717) is 22.6 Å². The predicted octanol–water partition coefficient (Wildman–Crippen LogP) is 6.79. The molecule has 1 N–H and O–H groups in total. The Morgan fingerprint density at radius 2 is 1.88 bits per heavy atom. The lowest BCUT2D eigenvalue weighted by molar-refractivity contribution is -0.126. The maximum Gasteiger partial charge on any atom is 0.224 e. The summed E-state index contributed by atoms with van der Waals surface area (Å²) in [5.41, 5.74) is 4.26. The lowest BCUT2D eigenvalue weighted by Gasteiger charge is -2.26. The number of fused-ring (bicyclic) bond motifs is 1. The number of ether oxygens (including phenoxy) is 1. The summed E-state index contributed by atoms with van der Waals surface area (Å²) in [5, 5.41) is 4.53. The van der Waals surface area contributed by atoms with E-state index in [1.165, 1.54) is 5.56 Å². The zero-order valence-electron chi connectivity index (χ0n) is 18.4. The molecule has 2 aliphatic rings. The number of carbonyl (C=O) groups excluding carboxylic acids is 1. The van der Waals surface area contributed by atoms with Crippen molar-refractivity contribution < 1.29 is 9.53 Å². The molecule has 0 aromatic heterocycles. The molecule has 1 aliphatic carbocycles. The molecule has 3 unspecified atom stereocenters. The molecular formula is C28H27Cl2NO2. The Kier molecular flexibility index (Phi) is 6.62. The first-order valence-corrected chi connectivity index (χ1v) is 12.4. The van der Waals surface area contributed by atoms with Crippen LogP contribution in [0.5, 0.6) is 5.75 Å². The Morgan fingerprint density at radius 3 is 2.73 bits per heavy atom. The van der Waals surface area contributed by atoms with Gasteiger partial charge in [0.25, 0.3) is 0 Å². The molecular weight excluding hydrogens is 453 g/mol. The fraction of sp³-hybridized carbons (Fsp3) is 0.321. The van der Waals surface area contributed by atoms with Crippen molar-refractivity contribution in [1.82, 2.24) is 5.32 Å². The molecule has 1 saturated carbocycles. The normalized spacial score (nSPS) is 20.2. The second-order valence-corrected chi connectivity index (χ2v) is 9.90. The summed E-state index contributed by atoms with van der Waals surface area (Å²) in [4.78, 5) is 13.6. The molecule has 170 valence electrons. The quantitative estimate of drug-likeness (QED) is 0.422. The highest BCUT2D eigenvalue weighted by Gasteiger charge is 2.34. The molecule has 1 fully saturated rings. The molecule has 3 atom stereocenters. The highest BCUT2D eigenvalue weighted by Crippen LogP contribution is 2.38. The first kappa shape index (κ1) is 22.3. The molecule has 3 aromatic carbocycles. The van der Waals surface area contributed by atoms with Crippen LogP contribution in [0, 0.1) is 11.8 Å². The van der Waals surface area contributed by atoms with Crippen molar-refractivity contribution in [2.24, 2.45) is 11.8 Å². The summed E-state index contributed by atoms with van der Waals surface area (Å²) in [6.07, 6.45) is 4.87. The van der Waals surface area contributed by atoms with E-state index < -0.39 is 0 Å². The van der Waals surface area contributed by atoms with Gasteiger partial charge in [0.2, 0.25) is 5.91 Å². The van der Waals surface area contributed by atoms with Crippen LogP contribution in [-0.4, -0.2) is 12.5 Å². The van der Waals surface area contributed by atoms with Crippen LogP contribution < -0.4 is 10.1 Å². The van der Waals surface area contributed by atoms with Gasteiger partial charge >= 0.3 is 0 Å². The van der Waals surface area contributed by atoms with Crippen LogP contribution in [0.25, 0.3) is 0 Å². The molecule has 5 heteroatoms. The summed E-state index contributed by atoms with van der Waals surface area (Å²) in [6, 6.07) is 21.6. The average molecular weight is 480 g/mol. The third-order valence-electron chi connectivity index (χ3n) is 6.94. The van der Waals surface area contributed by atoms with Crippen molar-refractivity contribution in [2.45, 2.75) is 38.1 Å². The van der Waals surface area contributed by atoms with Crippen LogP contribution >= 0.6 is 23.2 Å². The summed E-state index contributed by atoms with van der Waals surface area (Å²) in [7, 11) is 0. The Labute approximate surface area is 205 Å². The minimum absolute atomic E-state index is 0.0107. The van der Waals surface area contributed by atoms with Gasteiger partial charge in [-0.2, -0.15) is 0 Å². The second kappa shape index (κ2) is 9.79. The van der Waals surface area contributed by atoms with E-state index in [1.54, 1.807) is 12.1 Å². The minimum Gasteiger partial charge on any atom is -0.493 e. The van der Waals surface area contributed by atoms with Crippen LogP contribution in [0.4, 0.5) is 0 Å². The molecule has 0 bridgehead atoms. The maximum absolute atomic E-state index is 13.6. The van der Waals surface area contributed by atoms with Crippen molar-refractivity contribution in [2.75, 3.05) is 6.61 Å². The Morgan fingerprint density at radius 1 is 1.03 bits per heavy atom. The first-order chi connectivity index (χ1) is 16.1. The predicted molar refractivity (Wildman–Crippen MR) is 133 cm³/mol. The van der Waals surface area contributed by atoms with Gasteiger partial charge in [-0.15, -0.1) is 0 Å². The molecule has 1 aliphatic heterocycles. The molecule has 0 spiro atoms. The third-order valence-corrected chi connectivity index (χ3v) is 7.52. The van der Waals surface area contributed by atoms with Gasteiger partial charge in [-0.1, -0.05) is 66.0 Å². The smallest absolute Gasteiger partial charge is 0.224 e. The summed E-state index contributed by atoms with van der Waals surface area (Å²) >= 11 is 12.9. The largest absolute Gasteiger partial charge is 0.493 e. The van der Waals surface area contributed by atoms with E-state index in [2.05, 4.69) is 35.6 Å². The van der Waals surface area contributed by atoms with Crippen molar-refractivity contribution in [3.8, 4) is 5.75 Å². The van der Waals surface area contributed by atoms with Crippen molar-refractivity contribution in [3.05, 3.63) is 99.0 Å². The van der Waals surface area contributed by atoms with Gasteiger partial charge in [0.05, 0.1) is 12.6 Å². The SMILES string of the molecule is O=C(NC(c1ccc2c(c1)CCO2)c1cc(Cl)ccc1Cl)C1CCCC1Cc1ccccc1. The lowest BCUT2D eigenvalue weighted by Crippen LogP contribution is -2.36. The fourth-order valence-corrected chi connectivity index (χ4v) is 5.66. The van der Waals surface area contributed by atoms with E-state index in [-0.39, 0.29) is 17.9 Å². The summed E-state index contributed by atoms with van der Waals surface area (Å²) in [6.45, 7) is 0.691. The summed E-state index contributed by atoms with van der Waals surface area (Å²) < 4.78 is 5.68. The first-order valence-electron chi connectivity index (χ1n) is 11.6. The summed E-state index contributed by atoms with van der Waals surface area (Å²) in [5.74, 6) is 1.34. The number of carbonyl (C=O) groups is 1. The van der Waals surface area contributed by atoms with Crippen molar-refractivity contribution in [3.63, 3.8) is 0 Å². The monoisotopic (exact) mass is 479 g/mol. The third kappa shape index (κ3) is 4.90. The van der Waals surface area contributed by atoms with Gasteiger partial charge in [0, 0.05) is 22.4 Å².